The number of nitrogens with zero attached hydrogens (tertiary/aromatic N) is 5. The van der Waals surface area contributed by atoms with Gasteiger partial charge in [0, 0.05) is 44.9 Å². The van der Waals surface area contributed by atoms with Gasteiger partial charge in [-0.2, -0.15) is 4.98 Å². The number of aromatic nitrogens is 3. The van der Waals surface area contributed by atoms with Gasteiger partial charge >= 0.3 is 6.09 Å². The molecule has 0 bridgehead atoms. The number of rotatable bonds is 2. The zero-order valence-corrected chi connectivity index (χ0v) is 12.5. The van der Waals surface area contributed by atoms with Crippen LogP contribution < -0.4 is 4.90 Å². The summed E-state index contributed by atoms with van der Waals surface area (Å²) >= 11 is 0. The quantitative estimate of drug-likeness (QED) is 0.827. The van der Waals surface area contributed by atoms with Gasteiger partial charge in [-0.05, 0) is 12.1 Å². The van der Waals surface area contributed by atoms with Gasteiger partial charge in [-0.25, -0.2) is 9.78 Å². The van der Waals surface area contributed by atoms with E-state index in [4.69, 9.17) is 9.26 Å². The van der Waals surface area contributed by atoms with E-state index in [1.807, 2.05) is 12.1 Å². The van der Waals surface area contributed by atoms with E-state index in [2.05, 4.69) is 20.0 Å². The van der Waals surface area contributed by atoms with E-state index in [0.717, 1.165) is 24.5 Å². The molecule has 0 spiro atoms. The van der Waals surface area contributed by atoms with Crippen LogP contribution in [0.5, 0.6) is 0 Å². The summed E-state index contributed by atoms with van der Waals surface area (Å²) in [6.07, 6.45) is 1.45. The monoisotopic (exact) mass is 303 g/mol. The topological polar surface area (TPSA) is 84.6 Å². The lowest BCUT2D eigenvalue weighted by Gasteiger charge is -2.34. The van der Waals surface area contributed by atoms with Gasteiger partial charge in [-0.15, -0.1) is 0 Å². The second kappa shape index (κ2) is 6.00. The van der Waals surface area contributed by atoms with Gasteiger partial charge in [0.05, 0.1) is 7.11 Å². The van der Waals surface area contributed by atoms with Crippen LogP contribution in [0.3, 0.4) is 0 Å². The minimum Gasteiger partial charge on any atom is -0.453 e. The van der Waals surface area contributed by atoms with Gasteiger partial charge < -0.3 is 19.1 Å². The number of aryl methyl sites for hydroxylation is 1. The Morgan fingerprint density at radius 1 is 1.27 bits per heavy atom. The predicted molar refractivity (Wildman–Crippen MR) is 78.5 cm³/mol. The number of hydrogen-bond donors (Lipinski definition) is 0. The summed E-state index contributed by atoms with van der Waals surface area (Å²) in [7, 11) is 1.40. The second-order valence-corrected chi connectivity index (χ2v) is 4.99. The number of piperazine rings is 1. The van der Waals surface area contributed by atoms with Gasteiger partial charge in [0.1, 0.15) is 5.82 Å². The Kier molecular flexibility index (Phi) is 3.90. The molecular formula is C14H17N5O3. The first kappa shape index (κ1) is 14.3. The zero-order chi connectivity index (χ0) is 15.5. The van der Waals surface area contributed by atoms with Crippen LogP contribution in [0.25, 0.3) is 11.4 Å². The molecule has 3 rings (SSSR count). The van der Waals surface area contributed by atoms with Gasteiger partial charge in [0.2, 0.25) is 11.7 Å². The maximum absolute atomic E-state index is 11.5. The molecule has 2 aromatic rings. The molecule has 1 saturated heterocycles. The van der Waals surface area contributed by atoms with Crippen LogP contribution in [0.4, 0.5) is 10.6 Å². The second-order valence-electron chi connectivity index (χ2n) is 4.99. The van der Waals surface area contributed by atoms with E-state index in [9.17, 15) is 4.79 Å². The van der Waals surface area contributed by atoms with Crippen LogP contribution in [0.15, 0.2) is 22.9 Å². The van der Waals surface area contributed by atoms with Crippen LogP contribution in [0.2, 0.25) is 0 Å². The highest BCUT2D eigenvalue weighted by Gasteiger charge is 2.22. The lowest BCUT2D eigenvalue weighted by molar-refractivity contribution is 0.121. The van der Waals surface area contributed by atoms with Crippen molar-refractivity contribution >= 4 is 11.9 Å². The van der Waals surface area contributed by atoms with Crippen molar-refractivity contribution in [2.45, 2.75) is 6.92 Å². The summed E-state index contributed by atoms with van der Waals surface area (Å²) in [4.78, 5) is 23.9. The first-order valence-electron chi connectivity index (χ1n) is 7.02. The molecular weight excluding hydrogens is 286 g/mol. The van der Waals surface area contributed by atoms with E-state index in [1.54, 1.807) is 18.0 Å². The fourth-order valence-corrected chi connectivity index (χ4v) is 2.37. The Bertz CT molecular complexity index is 647. The Balaban J connectivity index is 1.65. The van der Waals surface area contributed by atoms with Crippen molar-refractivity contribution in [2.75, 3.05) is 38.2 Å². The zero-order valence-electron chi connectivity index (χ0n) is 12.5. The molecule has 0 aromatic carbocycles. The van der Waals surface area contributed by atoms with E-state index < -0.39 is 0 Å². The summed E-state index contributed by atoms with van der Waals surface area (Å²) in [6, 6.07) is 3.84. The fraction of sp³-hybridized carbons (Fsp3) is 0.429. The molecule has 0 unspecified atom stereocenters. The molecule has 0 N–H and O–H groups in total. The van der Waals surface area contributed by atoms with Crippen LogP contribution >= 0.6 is 0 Å². The Morgan fingerprint density at radius 2 is 2.05 bits per heavy atom. The van der Waals surface area contributed by atoms with Crippen molar-refractivity contribution in [3.05, 3.63) is 24.2 Å². The molecule has 0 saturated carbocycles. The van der Waals surface area contributed by atoms with E-state index in [0.29, 0.717) is 24.8 Å². The average Bonchev–Trinajstić information content (AvgIpc) is 3.01. The largest absolute Gasteiger partial charge is 0.453 e. The highest BCUT2D eigenvalue weighted by atomic mass is 16.5. The molecule has 8 nitrogen and oxygen atoms in total. The minimum absolute atomic E-state index is 0.282. The number of amides is 1. The molecule has 22 heavy (non-hydrogen) atoms. The Labute approximate surface area is 127 Å². The normalized spacial score (nSPS) is 15.0. The predicted octanol–water partition coefficient (Wildman–Crippen LogP) is 1.33. The molecule has 1 aliphatic heterocycles. The SMILES string of the molecule is COC(=O)N1CCN(c2ccc(-c3noc(C)n3)cn2)CC1. The number of anilines is 1. The Morgan fingerprint density at radius 3 is 2.59 bits per heavy atom. The maximum Gasteiger partial charge on any atom is 0.409 e. The third kappa shape index (κ3) is 2.85. The van der Waals surface area contributed by atoms with Crippen LogP contribution in [-0.2, 0) is 4.74 Å². The summed E-state index contributed by atoms with van der Waals surface area (Å²) < 4.78 is 9.69. The van der Waals surface area contributed by atoms with Crippen LogP contribution in [0.1, 0.15) is 5.89 Å². The molecule has 0 radical (unpaired) electrons. The molecule has 1 aliphatic rings. The summed E-state index contributed by atoms with van der Waals surface area (Å²) in [6.45, 7) is 4.45. The maximum atomic E-state index is 11.5. The first-order valence-corrected chi connectivity index (χ1v) is 7.02. The number of ether oxygens (including phenoxy) is 1. The van der Waals surface area contributed by atoms with Crippen molar-refractivity contribution in [3.63, 3.8) is 0 Å². The van der Waals surface area contributed by atoms with Crippen molar-refractivity contribution < 1.29 is 14.1 Å². The van der Waals surface area contributed by atoms with Crippen LogP contribution in [0, 0.1) is 6.92 Å². The smallest absolute Gasteiger partial charge is 0.409 e. The molecule has 1 fully saturated rings. The van der Waals surface area contributed by atoms with Gasteiger partial charge in [0.15, 0.2) is 0 Å². The first-order chi connectivity index (χ1) is 10.7. The van der Waals surface area contributed by atoms with E-state index in [1.165, 1.54) is 7.11 Å². The van der Waals surface area contributed by atoms with Crippen molar-refractivity contribution in [3.8, 4) is 11.4 Å². The summed E-state index contributed by atoms with van der Waals surface area (Å²) in [5.74, 6) is 1.93. The van der Waals surface area contributed by atoms with Gasteiger partial charge in [0.25, 0.3) is 0 Å². The van der Waals surface area contributed by atoms with E-state index in [-0.39, 0.29) is 6.09 Å². The lowest BCUT2D eigenvalue weighted by atomic mass is 10.2. The van der Waals surface area contributed by atoms with Gasteiger partial charge in [-0.3, -0.25) is 0 Å². The van der Waals surface area contributed by atoms with Crippen LogP contribution in [-0.4, -0.2) is 59.4 Å². The molecule has 8 heteroatoms. The van der Waals surface area contributed by atoms with Gasteiger partial charge in [-0.1, -0.05) is 5.16 Å². The molecule has 1 amide bonds. The van der Waals surface area contributed by atoms with Crippen molar-refractivity contribution in [1.29, 1.82) is 0 Å². The fourth-order valence-electron chi connectivity index (χ4n) is 2.37. The molecule has 0 aliphatic carbocycles. The third-order valence-electron chi connectivity index (χ3n) is 3.57. The molecule has 116 valence electrons. The molecule has 2 aromatic heterocycles. The summed E-state index contributed by atoms with van der Waals surface area (Å²) in [5.41, 5.74) is 0.814. The van der Waals surface area contributed by atoms with Crippen molar-refractivity contribution in [2.24, 2.45) is 0 Å². The third-order valence-corrected chi connectivity index (χ3v) is 3.57. The lowest BCUT2D eigenvalue weighted by Crippen LogP contribution is -2.49. The minimum atomic E-state index is -0.282. The number of carbonyl (C=O) groups is 1. The standard InChI is InChI=1S/C14H17N5O3/c1-10-16-13(17-22-10)11-3-4-12(15-9-11)18-5-7-19(8-6-18)14(20)21-2/h3-4,9H,5-8H2,1-2H3. The number of methoxy groups -OCH3 is 1. The number of hydrogen-bond acceptors (Lipinski definition) is 7. The number of pyridine rings is 1. The summed E-state index contributed by atoms with van der Waals surface area (Å²) in [5, 5.41) is 3.87. The Hall–Kier alpha value is -2.64. The van der Waals surface area contributed by atoms with E-state index >= 15 is 0 Å². The van der Waals surface area contributed by atoms with Crippen molar-refractivity contribution in [1.82, 2.24) is 20.0 Å². The highest BCUT2D eigenvalue weighted by Crippen LogP contribution is 2.19. The average molecular weight is 303 g/mol. The molecule has 0 atom stereocenters. The molecule has 3 heterocycles. The highest BCUT2D eigenvalue weighted by molar-refractivity contribution is 5.68. The number of carbonyl (C=O) groups excluding carboxylic acids is 1.